The molecule has 1 atom stereocenters. The van der Waals surface area contributed by atoms with Crippen LogP contribution in [-0.2, 0) is 22.2 Å². The number of hydrogen-bond donors (Lipinski definition) is 2. The molecule has 2 N–H and O–H groups in total. The third-order valence-electron chi connectivity index (χ3n) is 7.45. The van der Waals surface area contributed by atoms with E-state index in [1.165, 1.54) is 5.56 Å². The third-order valence-corrected chi connectivity index (χ3v) is 7.45. The second kappa shape index (κ2) is 11.4. The molecule has 1 aliphatic carbocycles. The predicted octanol–water partition coefficient (Wildman–Crippen LogP) is 7.69. The molecule has 0 saturated heterocycles. The van der Waals surface area contributed by atoms with Crippen LogP contribution in [0, 0.1) is 6.92 Å². The van der Waals surface area contributed by atoms with E-state index in [1.807, 2.05) is 94.4 Å². The summed E-state index contributed by atoms with van der Waals surface area (Å²) < 4.78 is 5.69. The van der Waals surface area contributed by atoms with E-state index in [1.54, 1.807) is 0 Å². The van der Waals surface area contributed by atoms with Crippen LogP contribution in [0.4, 0.5) is 0 Å². The summed E-state index contributed by atoms with van der Waals surface area (Å²) in [5, 5.41) is 25.1. The first-order valence-electron chi connectivity index (χ1n) is 13.5. The summed E-state index contributed by atoms with van der Waals surface area (Å²) in [6, 6.07) is 26.1. The van der Waals surface area contributed by atoms with Crippen LogP contribution in [0.3, 0.4) is 0 Å². The molecule has 38 heavy (non-hydrogen) atoms. The number of rotatable bonds is 9. The molecule has 4 aromatic rings. The molecule has 5 heteroatoms. The molecule has 198 valence electrons. The number of aliphatic hydroxyl groups is 1. The second-order valence-electron chi connectivity index (χ2n) is 10.1. The number of carbonyl (C=O) groups is 1. The number of carboxylic acid groups (broad SMARTS) is 1. The lowest BCUT2D eigenvalue weighted by Crippen LogP contribution is -2.22. The van der Waals surface area contributed by atoms with Gasteiger partial charge < -0.3 is 14.7 Å². The van der Waals surface area contributed by atoms with Gasteiger partial charge in [-0.15, -0.1) is 0 Å². The van der Waals surface area contributed by atoms with Crippen molar-refractivity contribution >= 4 is 5.97 Å². The number of nitrogens with zero attached hydrogens (tertiary/aromatic N) is 1. The van der Waals surface area contributed by atoms with Crippen molar-refractivity contribution in [3.05, 3.63) is 101 Å². The van der Waals surface area contributed by atoms with Crippen molar-refractivity contribution in [1.29, 1.82) is 0 Å². The maximum Gasteiger partial charge on any atom is 0.314 e. The molecule has 0 spiro atoms. The van der Waals surface area contributed by atoms with Crippen molar-refractivity contribution in [2.45, 2.75) is 70.8 Å². The third kappa shape index (κ3) is 5.58. The first-order chi connectivity index (χ1) is 18.3. The highest BCUT2D eigenvalue weighted by molar-refractivity contribution is 5.85. The Hall–Kier alpha value is -3.70. The predicted molar refractivity (Wildman–Crippen MR) is 151 cm³/mol. The van der Waals surface area contributed by atoms with Crippen LogP contribution in [0.25, 0.3) is 22.5 Å². The van der Waals surface area contributed by atoms with Crippen molar-refractivity contribution in [3.8, 4) is 22.5 Å². The molecule has 1 unspecified atom stereocenters. The molecule has 1 saturated carbocycles. The molecule has 0 bridgehead atoms. The van der Waals surface area contributed by atoms with E-state index < -0.39 is 17.0 Å². The molecule has 0 amide bonds. The highest BCUT2D eigenvalue weighted by atomic mass is 16.5. The number of aliphatic carboxylic acids is 1. The quantitative estimate of drug-likeness (QED) is 0.241. The molecule has 1 aromatic heterocycles. The minimum atomic E-state index is -1.06. The van der Waals surface area contributed by atoms with Crippen LogP contribution < -0.4 is 0 Å². The van der Waals surface area contributed by atoms with Gasteiger partial charge in [-0.1, -0.05) is 97.9 Å². The average Bonchev–Trinajstić information content (AvgIpc) is 3.66. The maximum absolute atomic E-state index is 11.6. The van der Waals surface area contributed by atoms with Gasteiger partial charge in [-0.3, -0.25) is 4.79 Å². The van der Waals surface area contributed by atoms with Gasteiger partial charge in [0.1, 0.15) is 0 Å². The fourth-order valence-electron chi connectivity index (χ4n) is 5.15. The number of hydrogen-bond acceptors (Lipinski definition) is 4. The number of benzene rings is 3. The summed E-state index contributed by atoms with van der Waals surface area (Å²) in [5.74, 6) is -0.148. The lowest BCUT2D eigenvalue weighted by Gasteiger charge is -2.24. The van der Waals surface area contributed by atoms with Crippen molar-refractivity contribution in [1.82, 2.24) is 5.16 Å². The molecular weight excluding hydrogens is 474 g/mol. The van der Waals surface area contributed by atoms with Crippen LogP contribution >= 0.6 is 0 Å². The molecule has 1 heterocycles. The second-order valence-corrected chi connectivity index (χ2v) is 10.1. The summed E-state index contributed by atoms with van der Waals surface area (Å²) in [6.07, 6.45) is 3.74. The highest BCUT2D eigenvalue weighted by Crippen LogP contribution is 2.48. The lowest BCUT2D eigenvalue weighted by molar-refractivity contribution is -0.140. The van der Waals surface area contributed by atoms with Crippen LogP contribution in [0.15, 0.2) is 83.4 Å². The van der Waals surface area contributed by atoms with Gasteiger partial charge >= 0.3 is 5.97 Å². The Morgan fingerprint density at radius 3 is 2.03 bits per heavy atom. The number of aryl methyl sites for hydroxylation is 2. The zero-order chi connectivity index (χ0) is 27.3. The minimum Gasteiger partial charge on any atom is -0.481 e. The monoisotopic (exact) mass is 511 g/mol. The fraction of sp³-hybridized carbons (Fsp3) is 0.333. The van der Waals surface area contributed by atoms with Gasteiger partial charge in [0.05, 0.1) is 22.3 Å². The smallest absolute Gasteiger partial charge is 0.314 e. The molecule has 5 nitrogen and oxygen atoms in total. The number of carboxylic acids is 1. The molecule has 3 aromatic carbocycles. The Labute approximate surface area is 225 Å². The fourth-order valence-corrected chi connectivity index (χ4v) is 5.15. The van der Waals surface area contributed by atoms with E-state index >= 15 is 0 Å². The van der Waals surface area contributed by atoms with Crippen LogP contribution in [0.5, 0.6) is 0 Å². The molecule has 0 aliphatic heterocycles. The zero-order valence-corrected chi connectivity index (χ0v) is 22.7. The van der Waals surface area contributed by atoms with Crippen LogP contribution in [0.1, 0.15) is 68.8 Å². The van der Waals surface area contributed by atoms with Gasteiger partial charge in [0.2, 0.25) is 0 Å². The first-order valence-corrected chi connectivity index (χ1v) is 13.5. The average molecular weight is 512 g/mol. The zero-order valence-electron chi connectivity index (χ0n) is 22.7. The van der Waals surface area contributed by atoms with Gasteiger partial charge in [0.25, 0.3) is 0 Å². The summed E-state index contributed by atoms with van der Waals surface area (Å²) in [6.45, 7) is 7.70. The molecular formula is C33H37NO4. The summed E-state index contributed by atoms with van der Waals surface area (Å²) in [4.78, 5) is 11.6. The summed E-state index contributed by atoms with van der Waals surface area (Å²) >= 11 is 0. The van der Waals surface area contributed by atoms with E-state index in [0.29, 0.717) is 30.7 Å². The highest BCUT2D eigenvalue weighted by Gasteiger charge is 2.51. The molecule has 0 radical (unpaired) electrons. The summed E-state index contributed by atoms with van der Waals surface area (Å²) in [7, 11) is 0. The van der Waals surface area contributed by atoms with Crippen LogP contribution in [-0.4, -0.2) is 21.3 Å². The van der Waals surface area contributed by atoms with Gasteiger partial charge in [-0.05, 0) is 68.2 Å². The van der Waals surface area contributed by atoms with E-state index in [-0.39, 0.29) is 0 Å². The van der Waals surface area contributed by atoms with Crippen molar-refractivity contribution in [2.75, 3.05) is 0 Å². The Bertz CT molecular complexity index is 1350. The van der Waals surface area contributed by atoms with Gasteiger partial charge in [-0.25, -0.2) is 0 Å². The standard InChI is InChI=1S/C31H31NO4.C2H6/c1-21-27(30(2,35)18-6-9-22-7-4-3-5-8-22)28(36-32-21)25-12-10-23(11-13-25)24-14-16-26(17-15-24)31(19-20-31)29(33)34;1-2/h3-5,7-8,10-17,35H,6,9,18-20H2,1-2H3,(H,33,34);1-2H3. The van der Waals surface area contributed by atoms with E-state index in [0.717, 1.165) is 40.7 Å². The Morgan fingerprint density at radius 2 is 1.47 bits per heavy atom. The van der Waals surface area contributed by atoms with Gasteiger partial charge in [-0.2, -0.15) is 0 Å². The Morgan fingerprint density at radius 1 is 0.921 bits per heavy atom. The van der Waals surface area contributed by atoms with Crippen molar-refractivity contribution in [3.63, 3.8) is 0 Å². The van der Waals surface area contributed by atoms with E-state index in [2.05, 4.69) is 17.3 Å². The largest absolute Gasteiger partial charge is 0.481 e. The normalized spacial score (nSPS) is 15.2. The van der Waals surface area contributed by atoms with E-state index in [9.17, 15) is 15.0 Å². The summed E-state index contributed by atoms with van der Waals surface area (Å²) in [5.41, 5.74) is 4.70. The Kier molecular flexibility index (Phi) is 8.17. The Balaban J connectivity index is 0.00000164. The molecule has 1 aliphatic rings. The minimum absolute atomic E-state index is 0.594. The van der Waals surface area contributed by atoms with Gasteiger partial charge in [0.15, 0.2) is 5.76 Å². The molecule has 5 rings (SSSR count). The molecule has 1 fully saturated rings. The lowest BCUT2D eigenvalue weighted by atomic mass is 9.86. The van der Waals surface area contributed by atoms with Gasteiger partial charge in [0, 0.05) is 5.56 Å². The van der Waals surface area contributed by atoms with Crippen LogP contribution in [0.2, 0.25) is 0 Å². The topological polar surface area (TPSA) is 83.6 Å². The van der Waals surface area contributed by atoms with Crippen molar-refractivity contribution in [2.24, 2.45) is 0 Å². The maximum atomic E-state index is 11.6. The number of aromatic nitrogens is 1. The van der Waals surface area contributed by atoms with Crippen molar-refractivity contribution < 1.29 is 19.5 Å². The first kappa shape index (κ1) is 27.3. The SMILES string of the molecule is CC.Cc1noc(-c2ccc(-c3ccc(C4(C(=O)O)CC4)cc3)cc2)c1C(C)(O)CCCc1ccccc1. The van der Waals surface area contributed by atoms with E-state index in [4.69, 9.17) is 4.52 Å².